The molecule has 1 heterocycles. The van der Waals surface area contributed by atoms with Gasteiger partial charge >= 0.3 is 0 Å². The Labute approximate surface area is 102 Å². The van der Waals surface area contributed by atoms with Gasteiger partial charge in [0.25, 0.3) is 0 Å². The summed E-state index contributed by atoms with van der Waals surface area (Å²) in [4.78, 5) is 4.09. The van der Waals surface area contributed by atoms with Crippen molar-refractivity contribution in [2.24, 2.45) is 4.99 Å². The van der Waals surface area contributed by atoms with Crippen LogP contribution in [-0.4, -0.2) is 40.9 Å². The predicted octanol–water partition coefficient (Wildman–Crippen LogP) is 0.191. The van der Waals surface area contributed by atoms with Crippen LogP contribution in [0, 0.1) is 0 Å². The lowest BCUT2D eigenvalue weighted by Gasteiger charge is -2.11. The van der Waals surface area contributed by atoms with Gasteiger partial charge in [-0.05, 0) is 0 Å². The minimum absolute atomic E-state index is 0.701. The molecule has 0 aliphatic heterocycles. The molecular weight excluding hydrogens is 216 g/mol. The normalized spacial score (nSPS) is 11.3. The molecule has 94 valence electrons. The van der Waals surface area contributed by atoms with Crippen molar-refractivity contribution in [2.45, 2.75) is 19.9 Å². The van der Waals surface area contributed by atoms with E-state index in [0.717, 1.165) is 31.3 Å². The molecule has 0 aromatic carbocycles. The van der Waals surface area contributed by atoms with Gasteiger partial charge in [-0.3, -0.25) is 4.99 Å². The van der Waals surface area contributed by atoms with E-state index >= 15 is 0 Å². The Hall–Kier alpha value is -1.85. The molecule has 0 spiro atoms. The summed E-state index contributed by atoms with van der Waals surface area (Å²) in [6.07, 6.45) is 4.44. The Morgan fingerprint density at radius 1 is 1.59 bits per heavy atom. The van der Waals surface area contributed by atoms with Crippen molar-refractivity contribution < 1.29 is 0 Å². The molecule has 0 fully saturated rings. The Morgan fingerprint density at radius 2 is 2.41 bits per heavy atom. The SMILES string of the molecule is C=CCNC(=NC)NCCn1cnnc1CC. The molecule has 1 aromatic rings. The average Bonchev–Trinajstić information content (AvgIpc) is 2.81. The lowest BCUT2D eigenvalue weighted by atomic mass is 10.4. The van der Waals surface area contributed by atoms with E-state index in [1.165, 1.54) is 0 Å². The van der Waals surface area contributed by atoms with Gasteiger partial charge in [0.1, 0.15) is 12.2 Å². The number of hydrogen-bond donors (Lipinski definition) is 2. The first kappa shape index (κ1) is 13.2. The molecule has 1 aromatic heterocycles. The van der Waals surface area contributed by atoms with Gasteiger partial charge in [-0.15, -0.1) is 16.8 Å². The molecule has 17 heavy (non-hydrogen) atoms. The van der Waals surface area contributed by atoms with Gasteiger partial charge < -0.3 is 15.2 Å². The van der Waals surface area contributed by atoms with E-state index < -0.39 is 0 Å². The highest BCUT2D eigenvalue weighted by Gasteiger charge is 2.01. The molecule has 6 heteroatoms. The maximum atomic E-state index is 4.09. The summed E-state index contributed by atoms with van der Waals surface area (Å²) >= 11 is 0. The monoisotopic (exact) mass is 236 g/mol. The van der Waals surface area contributed by atoms with Gasteiger partial charge in [0.05, 0.1) is 0 Å². The molecule has 0 bridgehead atoms. The molecule has 0 radical (unpaired) electrons. The van der Waals surface area contributed by atoms with Crippen LogP contribution in [0.25, 0.3) is 0 Å². The van der Waals surface area contributed by atoms with Crippen molar-refractivity contribution in [3.63, 3.8) is 0 Å². The summed E-state index contributed by atoms with van der Waals surface area (Å²) in [6, 6.07) is 0. The number of guanidine groups is 1. The summed E-state index contributed by atoms with van der Waals surface area (Å²) < 4.78 is 2.04. The van der Waals surface area contributed by atoms with Gasteiger partial charge in [0.2, 0.25) is 0 Å². The van der Waals surface area contributed by atoms with Crippen LogP contribution in [0.5, 0.6) is 0 Å². The second-order valence-corrected chi connectivity index (χ2v) is 3.46. The molecule has 0 aliphatic carbocycles. The van der Waals surface area contributed by atoms with Gasteiger partial charge in [0.15, 0.2) is 5.96 Å². The molecular formula is C11H20N6. The van der Waals surface area contributed by atoms with Crippen LogP contribution in [-0.2, 0) is 13.0 Å². The van der Waals surface area contributed by atoms with E-state index in [1.54, 1.807) is 19.5 Å². The van der Waals surface area contributed by atoms with Crippen LogP contribution in [0.4, 0.5) is 0 Å². The van der Waals surface area contributed by atoms with Crippen LogP contribution in [0.1, 0.15) is 12.7 Å². The number of rotatable bonds is 6. The third-order valence-electron chi connectivity index (χ3n) is 2.29. The number of aliphatic imine (C=N–C) groups is 1. The summed E-state index contributed by atoms with van der Waals surface area (Å²) in [5, 5.41) is 14.2. The summed E-state index contributed by atoms with van der Waals surface area (Å²) in [5.74, 6) is 1.77. The highest BCUT2D eigenvalue weighted by Crippen LogP contribution is 1.94. The Balaban J connectivity index is 2.33. The fourth-order valence-electron chi connectivity index (χ4n) is 1.42. The molecule has 0 aliphatic rings. The number of nitrogens with one attached hydrogen (secondary N) is 2. The van der Waals surface area contributed by atoms with Crippen molar-refractivity contribution in [3.8, 4) is 0 Å². The first-order chi connectivity index (χ1) is 8.31. The van der Waals surface area contributed by atoms with Crippen molar-refractivity contribution in [2.75, 3.05) is 20.1 Å². The maximum absolute atomic E-state index is 4.09. The van der Waals surface area contributed by atoms with Crippen LogP contribution in [0.3, 0.4) is 0 Å². The zero-order chi connectivity index (χ0) is 12.5. The second-order valence-electron chi connectivity index (χ2n) is 3.46. The number of aromatic nitrogens is 3. The Morgan fingerprint density at radius 3 is 3.06 bits per heavy atom. The van der Waals surface area contributed by atoms with E-state index in [2.05, 4.69) is 39.3 Å². The molecule has 0 amide bonds. The van der Waals surface area contributed by atoms with E-state index in [9.17, 15) is 0 Å². The zero-order valence-corrected chi connectivity index (χ0v) is 10.5. The Kier molecular flexibility index (Phi) is 5.77. The van der Waals surface area contributed by atoms with E-state index in [-0.39, 0.29) is 0 Å². The first-order valence-corrected chi connectivity index (χ1v) is 5.73. The molecule has 0 atom stereocenters. The lowest BCUT2D eigenvalue weighted by Crippen LogP contribution is -2.38. The second kappa shape index (κ2) is 7.43. The zero-order valence-electron chi connectivity index (χ0n) is 10.5. The maximum Gasteiger partial charge on any atom is 0.191 e. The predicted molar refractivity (Wildman–Crippen MR) is 69.0 cm³/mol. The van der Waals surface area contributed by atoms with Gasteiger partial charge in [0, 0.05) is 33.1 Å². The van der Waals surface area contributed by atoms with Gasteiger partial charge in [-0.25, -0.2) is 0 Å². The van der Waals surface area contributed by atoms with Crippen LogP contribution in [0.15, 0.2) is 24.0 Å². The standard InChI is InChI=1S/C11H20N6/c1-4-6-13-11(12-3)14-7-8-17-9-15-16-10(17)5-2/h4,9H,1,5-8H2,2-3H3,(H2,12,13,14). The highest BCUT2D eigenvalue weighted by molar-refractivity contribution is 5.79. The topological polar surface area (TPSA) is 67.1 Å². The molecule has 0 unspecified atom stereocenters. The van der Waals surface area contributed by atoms with Gasteiger partial charge in [-0.1, -0.05) is 13.0 Å². The number of hydrogen-bond acceptors (Lipinski definition) is 3. The first-order valence-electron chi connectivity index (χ1n) is 5.73. The third-order valence-corrected chi connectivity index (χ3v) is 2.29. The summed E-state index contributed by atoms with van der Waals surface area (Å²) in [7, 11) is 1.74. The van der Waals surface area contributed by atoms with Gasteiger partial charge in [-0.2, -0.15) is 0 Å². The van der Waals surface area contributed by atoms with E-state index in [4.69, 9.17) is 0 Å². The van der Waals surface area contributed by atoms with Crippen LogP contribution < -0.4 is 10.6 Å². The van der Waals surface area contributed by atoms with E-state index in [1.807, 2.05) is 4.57 Å². The highest BCUT2D eigenvalue weighted by atomic mass is 15.3. The number of aryl methyl sites for hydroxylation is 1. The molecule has 0 saturated carbocycles. The average molecular weight is 236 g/mol. The fraction of sp³-hybridized carbons (Fsp3) is 0.545. The largest absolute Gasteiger partial charge is 0.355 e. The minimum Gasteiger partial charge on any atom is -0.355 e. The van der Waals surface area contributed by atoms with Crippen molar-refractivity contribution in [1.82, 2.24) is 25.4 Å². The van der Waals surface area contributed by atoms with E-state index in [0.29, 0.717) is 6.54 Å². The van der Waals surface area contributed by atoms with Crippen molar-refractivity contribution in [1.29, 1.82) is 0 Å². The molecule has 2 N–H and O–H groups in total. The minimum atomic E-state index is 0.701. The van der Waals surface area contributed by atoms with Crippen molar-refractivity contribution >= 4 is 5.96 Å². The number of nitrogens with zero attached hydrogens (tertiary/aromatic N) is 4. The summed E-state index contributed by atoms with van der Waals surface area (Å²) in [6.45, 7) is 8.02. The summed E-state index contributed by atoms with van der Waals surface area (Å²) in [5.41, 5.74) is 0. The smallest absolute Gasteiger partial charge is 0.191 e. The Bertz CT molecular complexity index is 368. The van der Waals surface area contributed by atoms with Crippen molar-refractivity contribution in [3.05, 3.63) is 24.8 Å². The molecule has 1 rings (SSSR count). The van der Waals surface area contributed by atoms with Crippen LogP contribution >= 0.6 is 0 Å². The van der Waals surface area contributed by atoms with Crippen LogP contribution in [0.2, 0.25) is 0 Å². The lowest BCUT2D eigenvalue weighted by molar-refractivity contribution is 0.634. The third kappa shape index (κ3) is 4.26. The molecule has 6 nitrogen and oxygen atoms in total. The quantitative estimate of drug-likeness (QED) is 0.420. The fourth-order valence-corrected chi connectivity index (χ4v) is 1.42. The molecule has 0 saturated heterocycles.